The van der Waals surface area contributed by atoms with Gasteiger partial charge in [0.2, 0.25) is 0 Å². The first-order valence-corrected chi connectivity index (χ1v) is 9.63. The van der Waals surface area contributed by atoms with Crippen molar-refractivity contribution in [2.75, 3.05) is 7.11 Å². The Morgan fingerprint density at radius 2 is 1.89 bits per heavy atom. The second-order valence-electron chi connectivity index (χ2n) is 7.81. The largest absolute Gasteiger partial charge is 0.439 e. The average Bonchev–Trinajstić information content (AvgIpc) is 2.68. The van der Waals surface area contributed by atoms with Crippen LogP contribution in [0, 0.1) is 22.7 Å². The van der Waals surface area contributed by atoms with Crippen molar-refractivity contribution in [2.24, 2.45) is 23.0 Å². The standard InChI is InChI=1S/C19H32N2O7/c1-7-15-21(20-26)17(24)13(4)16(23)11(2)10-19(5,27-6)9-8-14(22)12(3)18(25)28-15/h11-13,15,17,24H,7-10H2,1-6H3/t11-,12?,13?,15-,17?,19+/m1/s1. The molecule has 1 aliphatic rings. The molecule has 0 radical (unpaired) electrons. The van der Waals surface area contributed by atoms with E-state index in [2.05, 4.69) is 5.29 Å². The maximum atomic E-state index is 12.8. The van der Waals surface area contributed by atoms with E-state index in [4.69, 9.17) is 9.47 Å². The molecule has 0 aliphatic carbocycles. The molecule has 0 aromatic heterocycles. The van der Waals surface area contributed by atoms with E-state index in [1.807, 2.05) is 0 Å². The third kappa shape index (κ3) is 5.57. The van der Waals surface area contributed by atoms with Crippen LogP contribution in [0.1, 0.15) is 60.3 Å². The van der Waals surface area contributed by atoms with Crippen LogP contribution in [0.2, 0.25) is 0 Å². The molecule has 0 bridgehead atoms. The molecule has 1 saturated heterocycles. The van der Waals surface area contributed by atoms with Gasteiger partial charge in [-0.05, 0) is 26.7 Å². The minimum Gasteiger partial charge on any atom is -0.439 e. The van der Waals surface area contributed by atoms with Gasteiger partial charge in [0, 0.05) is 25.9 Å². The summed E-state index contributed by atoms with van der Waals surface area (Å²) in [6, 6.07) is 0. The third-order valence-electron chi connectivity index (χ3n) is 5.61. The number of methoxy groups -OCH3 is 1. The summed E-state index contributed by atoms with van der Waals surface area (Å²) in [5.74, 6) is -3.85. The van der Waals surface area contributed by atoms with Crippen LogP contribution in [0.15, 0.2) is 5.29 Å². The van der Waals surface area contributed by atoms with E-state index >= 15 is 0 Å². The lowest BCUT2D eigenvalue weighted by molar-refractivity contribution is -0.183. The molecule has 6 atom stereocenters. The Balaban J connectivity index is 3.29. The van der Waals surface area contributed by atoms with Crippen molar-refractivity contribution in [3.05, 3.63) is 4.91 Å². The smallest absolute Gasteiger partial charge is 0.318 e. The van der Waals surface area contributed by atoms with Crippen LogP contribution in [0.25, 0.3) is 0 Å². The average molecular weight is 400 g/mol. The number of carbonyl (C=O) groups excluding carboxylic acids is 3. The van der Waals surface area contributed by atoms with Gasteiger partial charge in [0.1, 0.15) is 17.5 Å². The summed E-state index contributed by atoms with van der Waals surface area (Å²) >= 11 is 0. The van der Waals surface area contributed by atoms with Gasteiger partial charge in [0.15, 0.2) is 12.5 Å². The van der Waals surface area contributed by atoms with Crippen LogP contribution in [0.4, 0.5) is 0 Å². The van der Waals surface area contributed by atoms with E-state index in [-0.39, 0.29) is 24.4 Å². The summed E-state index contributed by atoms with van der Waals surface area (Å²) in [6.45, 7) is 8.09. The molecule has 0 saturated carbocycles. The lowest BCUT2D eigenvalue weighted by atomic mass is 9.82. The summed E-state index contributed by atoms with van der Waals surface area (Å²) < 4.78 is 10.8. The number of ether oxygens (including phenoxy) is 2. The molecule has 0 aromatic carbocycles. The van der Waals surface area contributed by atoms with E-state index < -0.39 is 41.8 Å². The Morgan fingerprint density at radius 3 is 2.39 bits per heavy atom. The highest BCUT2D eigenvalue weighted by Gasteiger charge is 2.39. The predicted molar refractivity (Wildman–Crippen MR) is 101 cm³/mol. The molecule has 28 heavy (non-hydrogen) atoms. The molecule has 1 aliphatic heterocycles. The van der Waals surface area contributed by atoms with Crippen molar-refractivity contribution >= 4 is 17.5 Å². The number of carbonyl (C=O) groups is 3. The van der Waals surface area contributed by atoms with Crippen molar-refractivity contribution in [1.29, 1.82) is 0 Å². The molecule has 9 nitrogen and oxygen atoms in total. The molecule has 1 fully saturated rings. The Kier molecular flexibility index (Phi) is 8.69. The Labute approximate surface area is 165 Å². The molecular formula is C19H32N2O7. The Hall–Kier alpha value is -1.87. The van der Waals surface area contributed by atoms with E-state index in [1.54, 1.807) is 20.8 Å². The molecule has 0 amide bonds. The molecule has 3 unspecified atom stereocenters. The number of hydrogen-bond donors (Lipinski definition) is 1. The number of aliphatic hydroxyl groups is 1. The van der Waals surface area contributed by atoms with Crippen LogP contribution in [0.3, 0.4) is 0 Å². The minimum atomic E-state index is -1.56. The summed E-state index contributed by atoms with van der Waals surface area (Å²) in [7, 11) is 1.50. The molecule has 1 rings (SSSR count). The molecule has 9 heteroatoms. The second-order valence-corrected chi connectivity index (χ2v) is 7.81. The number of aliphatic hydroxyl groups excluding tert-OH is 1. The molecule has 0 spiro atoms. The van der Waals surface area contributed by atoms with Gasteiger partial charge in [-0.3, -0.25) is 14.4 Å². The minimum absolute atomic E-state index is 0.0894. The van der Waals surface area contributed by atoms with Crippen LogP contribution < -0.4 is 0 Å². The zero-order valence-corrected chi connectivity index (χ0v) is 17.5. The lowest BCUT2D eigenvalue weighted by Gasteiger charge is -2.35. The summed E-state index contributed by atoms with van der Waals surface area (Å²) in [5.41, 5.74) is -0.752. The van der Waals surface area contributed by atoms with E-state index in [1.165, 1.54) is 21.0 Å². The summed E-state index contributed by atoms with van der Waals surface area (Å²) in [6.07, 6.45) is -1.83. The van der Waals surface area contributed by atoms with Crippen LogP contribution in [0.5, 0.6) is 0 Å². The molecule has 160 valence electrons. The van der Waals surface area contributed by atoms with Gasteiger partial charge >= 0.3 is 5.97 Å². The van der Waals surface area contributed by atoms with Crippen molar-refractivity contribution in [1.82, 2.24) is 5.01 Å². The normalized spacial score (nSPS) is 36.6. The summed E-state index contributed by atoms with van der Waals surface area (Å²) in [5, 5.41) is 14.0. The molecule has 0 aromatic rings. The number of nitroso groups, excluding NO2 is 1. The van der Waals surface area contributed by atoms with Crippen LogP contribution in [-0.2, 0) is 23.9 Å². The monoisotopic (exact) mass is 400 g/mol. The number of ketones is 2. The number of nitrogens with zero attached hydrogens (tertiary/aromatic N) is 2. The Bertz CT molecular complexity index is 597. The van der Waals surface area contributed by atoms with E-state index in [9.17, 15) is 24.4 Å². The van der Waals surface area contributed by atoms with Crippen molar-refractivity contribution in [3.8, 4) is 0 Å². The lowest BCUT2D eigenvalue weighted by Crippen LogP contribution is -2.48. The first kappa shape index (κ1) is 24.2. The van der Waals surface area contributed by atoms with Crippen LogP contribution >= 0.6 is 0 Å². The van der Waals surface area contributed by atoms with Gasteiger partial charge < -0.3 is 14.6 Å². The van der Waals surface area contributed by atoms with Crippen molar-refractivity contribution in [2.45, 2.75) is 78.4 Å². The number of Topliss-reactive ketones (excluding diaryl/α,β-unsaturated/α-hetero) is 2. The van der Waals surface area contributed by atoms with Gasteiger partial charge in [-0.2, -0.15) is 5.01 Å². The SMILES string of the molecule is CC[C@H]1OC(=O)C(C)C(=O)CC[C@](C)(OC)C[C@@H](C)C(=O)C(C)C(O)N1N=O. The van der Waals surface area contributed by atoms with Gasteiger partial charge in [0.05, 0.1) is 16.8 Å². The fourth-order valence-corrected chi connectivity index (χ4v) is 3.43. The fourth-order valence-electron chi connectivity index (χ4n) is 3.43. The molecular weight excluding hydrogens is 368 g/mol. The first-order chi connectivity index (χ1) is 13.0. The zero-order valence-electron chi connectivity index (χ0n) is 17.5. The van der Waals surface area contributed by atoms with E-state index in [0.717, 1.165) is 0 Å². The predicted octanol–water partition coefficient (Wildman–Crippen LogP) is 2.20. The first-order valence-electron chi connectivity index (χ1n) is 9.63. The number of hydrogen-bond acceptors (Lipinski definition) is 8. The van der Waals surface area contributed by atoms with Crippen molar-refractivity contribution in [3.63, 3.8) is 0 Å². The highest BCUT2D eigenvalue weighted by molar-refractivity contribution is 5.98. The fraction of sp³-hybridized carbons (Fsp3) is 0.842. The van der Waals surface area contributed by atoms with Gasteiger partial charge in [0.25, 0.3) is 0 Å². The Morgan fingerprint density at radius 1 is 1.29 bits per heavy atom. The quantitative estimate of drug-likeness (QED) is 0.434. The summed E-state index contributed by atoms with van der Waals surface area (Å²) in [4.78, 5) is 48.9. The second kappa shape index (κ2) is 10.1. The molecule has 1 heterocycles. The van der Waals surface area contributed by atoms with Gasteiger partial charge in [-0.15, -0.1) is 4.91 Å². The number of esters is 1. The maximum absolute atomic E-state index is 12.8. The highest BCUT2D eigenvalue weighted by atomic mass is 16.6. The van der Waals surface area contributed by atoms with Crippen LogP contribution in [-0.4, -0.2) is 52.8 Å². The van der Waals surface area contributed by atoms with E-state index in [0.29, 0.717) is 17.9 Å². The topological polar surface area (TPSA) is 123 Å². The maximum Gasteiger partial charge on any atom is 0.318 e. The number of rotatable bonds is 3. The van der Waals surface area contributed by atoms with Gasteiger partial charge in [-0.1, -0.05) is 20.8 Å². The molecule has 1 N–H and O–H groups in total. The van der Waals surface area contributed by atoms with Crippen molar-refractivity contribution < 1.29 is 29.0 Å². The number of cyclic esters (lactones) is 1. The van der Waals surface area contributed by atoms with Gasteiger partial charge in [-0.25, -0.2) is 0 Å². The zero-order chi connectivity index (χ0) is 21.6. The third-order valence-corrected chi connectivity index (χ3v) is 5.61. The highest BCUT2D eigenvalue weighted by Crippen LogP contribution is 2.30.